The van der Waals surface area contributed by atoms with E-state index in [1.54, 1.807) is 19.5 Å². The fourth-order valence-electron chi connectivity index (χ4n) is 1.67. The second-order valence-corrected chi connectivity index (χ2v) is 4.78. The third-order valence-corrected chi connectivity index (χ3v) is 3.24. The number of halogens is 1. The van der Waals surface area contributed by atoms with Gasteiger partial charge in [-0.25, -0.2) is 0 Å². The standard InChI is InChI=1S/C14H15BrN2O/c1-18-14-3-2-12(8-13(14)15)10-17-9-11-4-6-16-7-5-11/h2-8,17H,9-10H2,1H3. The van der Waals surface area contributed by atoms with Gasteiger partial charge in [0, 0.05) is 25.5 Å². The molecular formula is C14H15BrN2O. The molecule has 0 bridgehead atoms. The summed E-state index contributed by atoms with van der Waals surface area (Å²) in [6.45, 7) is 1.66. The van der Waals surface area contributed by atoms with Crippen molar-refractivity contribution in [3.63, 3.8) is 0 Å². The highest BCUT2D eigenvalue weighted by molar-refractivity contribution is 9.10. The van der Waals surface area contributed by atoms with Gasteiger partial charge >= 0.3 is 0 Å². The molecule has 1 heterocycles. The number of methoxy groups -OCH3 is 1. The molecule has 0 amide bonds. The van der Waals surface area contributed by atoms with Crippen LogP contribution >= 0.6 is 15.9 Å². The van der Waals surface area contributed by atoms with Crippen molar-refractivity contribution in [2.75, 3.05) is 7.11 Å². The molecular weight excluding hydrogens is 292 g/mol. The zero-order valence-electron chi connectivity index (χ0n) is 10.2. The Labute approximate surface area is 115 Å². The molecule has 1 N–H and O–H groups in total. The zero-order chi connectivity index (χ0) is 12.8. The first-order chi connectivity index (χ1) is 8.79. The lowest BCUT2D eigenvalue weighted by atomic mass is 10.2. The van der Waals surface area contributed by atoms with Crippen molar-refractivity contribution in [2.45, 2.75) is 13.1 Å². The molecule has 18 heavy (non-hydrogen) atoms. The van der Waals surface area contributed by atoms with Gasteiger partial charge in [-0.05, 0) is 51.3 Å². The van der Waals surface area contributed by atoms with Gasteiger partial charge in [0.25, 0.3) is 0 Å². The third kappa shape index (κ3) is 3.55. The highest BCUT2D eigenvalue weighted by Gasteiger charge is 2.01. The maximum Gasteiger partial charge on any atom is 0.133 e. The summed E-state index contributed by atoms with van der Waals surface area (Å²) in [7, 11) is 1.67. The summed E-state index contributed by atoms with van der Waals surface area (Å²) >= 11 is 3.48. The number of nitrogens with one attached hydrogen (secondary N) is 1. The van der Waals surface area contributed by atoms with E-state index in [1.165, 1.54) is 11.1 Å². The molecule has 4 heteroatoms. The number of aromatic nitrogens is 1. The zero-order valence-corrected chi connectivity index (χ0v) is 11.8. The maximum atomic E-state index is 5.20. The van der Waals surface area contributed by atoms with Crippen LogP contribution in [0.15, 0.2) is 47.2 Å². The van der Waals surface area contributed by atoms with Crippen molar-refractivity contribution in [1.29, 1.82) is 0 Å². The summed E-state index contributed by atoms with van der Waals surface area (Å²) in [6, 6.07) is 10.1. The molecule has 0 fully saturated rings. The number of pyridine rings is 1. The van der Waals surface area contributed by atoms with Crippen molar-refractivity contribution in [1.82, 2.24) is 10.3 Å². The molecule has 94 valence electrons. The molecule has 0 unspecified atom stereocenters. The van der Waals surface area contributed by atoms with Crippen LogP contribution in [-0.2, 0) is 13.1 Å². The van der Waals surface area contributed by atoms with Crippen LogP contribution in [0.1, 0.15) is 11.1 Å². The first-order valence-electron chi connectivity index (χ1n) is 5.71. The first kappa shape index (κ1) is 13.1. The lowest BCUT2D eigenvalue weighted by Gasteiger charge is -2.08. The smallest absolute Gasteiger partial charge is 0.133 e. The molecule has 2 rings (SSSR count). The van der Waals surface area contributed by atoms with E-state index >= 15 is 0 Å². The third-order valence-electron chi connectivity index (χ3n) is 2.62. The lowest BCUT2D eigenvalue weighted by molar-refractivity contribution is 0.412. The molecule has 3 nitrogen and oxygen atoms in total. The molecule has 0 saturated carbocycles. The summed E-state index contributed by atoms with van der Waals surface area (Å²) in [5, 5.41) is 3.39. The molecule has 0 radical (unpaired) electrons. The van der Waals surface area contributed by atoms with Crippen LogP contribution in [0, 0.1) is 0 Å². The van der Waals surface area contributed by atoms with E-state index in [0.717, 1.165) is 23.3 Å². The fourth-order valence-corrected chi connectivity index (χ4v) is 2.26. The average Bonchev–Trinajstić information content (AvgIpc) is 2.40. The molecule has 0 saturated heterocycles. The normalized spacial score (nSPS) is 10.3. The highest BCUT2D eigenvalue weighted by atomic mass is 79.9. The summed E-state index contributed by atoms with van der Waals surface area (Å²) in [4.78, 5) is 3.99. The van der Waals surface area contributed by atoms with Crippen molar-refractivity contribution < 1.29 is 4.74 Å². The van der Waals surface area contributed by atoms with Gasteiger partial charge in [0.1, 0.15) is 5.75 Å². The Balaban J connectivity index is 1.89. The number of benzene rings is 1. The van der Waals surface area contributed by atoms with Gasteiger partial charge in [-0.15, -0.1) is 0 Å². The van der Waals surface area contributed by atoms with E-state index in [4.69, 9.17) is 4.74 Å². The predicted octanol–water partition coefficient (Wildman–Crippen LogP) is 3.14. The van der Waals surface area contributed by atoms with E-state index in [-0.39, 0.29) is 0 Å². The Morgan fingerprint density at radius 3 is 2.50 bits per heavy atom. The lowest BCUT2D eigenvalue weighted by Crippen LogP contribution is -2.12. The van der Waals surface area contributed by atoms with Crippen molar-refractivity contribution in [3.05, 3.63) is 58.3 Å². The number of nitrogens with zero attached hydrogens (tertiary/aromatic N) is 1. The van der Waals surface area contributed by atoms with E-state index < -0.39 is 0 Å². The Kier molecular flexibility index (Phi) is 4.73. The van der Waals surface area contributed by atoms with Gasteiger partial charge < -0.3 is 10.1 Å². The largest absolute Gasteiger partial charge is 0.496 e. The van der Waals surface area contributed by atoms with E-state index in [9.17, 15) is 0 Å². The fraction of sp³-hybridized carbons (Fsp3) is 0.214. The van der Waals surface area contributed by atoms with E-state index in [1.807, 2.05) is 18.2 Å². The number of ether oxygens (including phenoxy) is 1. The minimum absolute atomic E-state index is 0.824. The van der Waals surface area contributed by atoms with Crippen LogP contribution in [0.3, 0.4) is 0 Å². The Morgan fingerprint density at radius 1 is 1.11 bits per heavy atom. The van der Waals surface area contributed by atoms with Crippen LogP contribution in [-0.4, -0.2) is 12.1 Å². The second-order valence-electron chi connectivity index (χ2n) is 3.93. The molecule has 0 aliphatic rings. The van der Waals surface area contributed by atoms with E-state index in [0.29, 0.717) is 0 Å². The molecule has 1 aromatic carbocycles. The number of hydrogen-bond acceptors (Lipinski definition) is 3. The van der Waals surface area contributed by atoms with Gasteiger partial charge in [0.15, 0.2) is 0 Å². The molecule has 1 aromatic heterocycles. The van der Waals surface area contributed by atoms with Crippen LogP contribution < -0.4 is 10.1 Å². The second kappa shape index (κ2) is 6.52. The Hall–Kier alpha value is -1.39. The van der Waals surface area contributed by atoms with Crippen LogP contribution in [0.4, 0.5) is 0 Å². The van der Waals surface area contributed by atoms with Crippen molar-refractivity contribution in [3.8, 4) is 5.75 Å². The minimum atomic E-state index is 0.824. The highest BCUT2D eigenvalue weighted by Crippen LogP contribution is 2.25. The summed E-state index contributed by atoms with van der Waals surface area (Å²) in [6.07, 6.45) is 3.61. The summed E-state index contributed by atoms with van der Waals surface area (Å²) < 4.78 is 6.18. The number of rotatable bonds is 5. The van der Waals surface area contributed by atoms with E-state index in [2.05, 4.69) is 38.4 Å². The van der Waals surface area contributed by atoms with Gasteiger partial charge in [0.2, 0.25) is 0 Å². The molecule has 0 spiro atoms. The Bertz CT molecular complexity index is 502. The molecule has 0 atom stereocenters. The monoisotopic (exact) mass is 306 g/mol. The maximum absolute atomic E-state index is 5.20. The summed E-state index contributed by atoms with van der Waals surface area (Å²) in [5.74, 6) is 0.855. The van der Waals surface area contributed by atoms with Crippen LogP contribution in [0.25, 0.3) is 0 Å². The van der Waals surface area contributed by atoms with Crippen molar-refractivity contribution in [2.24, 2.45) is 0 Å². The predicted molar refractivity (Wildman–Crippen MR) is 75.5 cm³/mol. The average molecular weight is 307 g/mol. The first-order valence-corrected chi connectivity index (χ1v) is 6.51. The van der Waals surface area contributed by atoms with Gasteiger partial charge in [0.05, 0.1) is 11.6 Å². The quantitative estimate of drug-likeness (QED) is 0.921. The topological polar surface area (TPSA) is 34.1 Å². The van der Waals surface area contributed by atoms with Gasteiger partial charge in [-0.1, -0.05) is 6.07 Å². The SMILES string of the molecule is COc1ccc(CNCc2ccncc2)cc1Br. The van der Waals surface area contributed by atoms with Crippen molar-refractivity contribution >= 4 is 15.9 Å². The van der Waals surface area contributed by atoms with Crippen LogP contribution in [0.2, 0.25) is 0 Å². The summed E-state index contributed by atoms with van der Waals surface area (Å²) in [5.41, 5.74) is 2.45. The van der Waals surface area contributed by atoms with Gasteiger partial charge in [-0.3, -0.25) is 4.98 Å². The minimum Gasteiger partial charge on any atom is -0.496 e. The molecule has 0 aliphatic carbocycles. The molecule has 0 aliphatic heterocycles. The molecule has 2 aromatic rings. The Morgan fingerprint density at radius 2 is 1.83 bits per heavy atom. The van der Waals surface area contributed by atoms with Crippen LogP contribution in [0.5, 0.6) is 5.75 Å². The van der Waals surface area contributed by atoms with Gasteiger partial charge in [-0.2, -0.15) is 0 Å². The number of hydrogen-bond donors (Lipinski definition) is 1.